The van der Waals surface area contributed by atoms with E-state index in [0.717, 1.165) is 17.0 Å². The van der Waals surface area contributed by atoms with E-state index >= 15 is 0 Å². The number of aliphatic imine (C=N–C) groups is 1. The zero-order valence-electron chi connectivity index (χ0n) is 13.2. The third-order valence-electron chi connectivity index (χ3n) is 4.13. The van der Waals surface area contributed by atoms with Crippen molar-refractivity contribution in [2.45, 2.75) is 19.8 Å². The third-order valence-corrected chi connectivity index (χ3v) is 4.13. The predicted octanol–water partition coefficient (Wildman–Crippen LogP) is 4.35. The van der Waals surface area contributed by atoms with Crippen molar-refractivity contribution in [3.05, 3.63) is 53.6 Å². The maximum absolute atomic E-state index is 5.22. The van der Waals surface area contributed by atoms with Gasteiger partial charge in [0.2, 0.25) is 0 Å². The van der Waals surface area contributed by atoms with E-state index in [0.29, 0.717) is 0 Å². The van der Waals surface area contributed by atoms with Crippen LogP contribution < -0.4 is 9.64 Å². The van der Waals surface area contributed by atoms with Gasteiger partial charge in [0.25, 0.3) is 0 Å². The second-order valence-electron chi connectivity index (χ2n) is 5.69. The number of benzene rings is 2. The molecule has 0 aromatic heterocycles. The molecular weight excluding hydrogens is 272 g/mol. The van der Waals surface area contributed by atoms with E-state index in [2.05, 4.69) is 35.0 Å². The minimum absolute atomic E-state index is 0.829. The highest BCUT2D eigenvalue weighted by atomic mass is 16.5. The highest BCUT2D eigenvalue weighted by Crippen LogP contribution is 2.23. The summed E-state index contributed by atoms with van der Waals surface area (Å²) in [6.45, 7) is 4.50. The summed E-state index contributed by atoms with van der Waals surface area (Å²) in [5, 5.41) is 0. The van der Waals surface area contributed by atoms with E-state index < -0.39 is 0 Å². The van der Waals surface area contributed by atoms with E-state index in [1.54, 1.807) is 7.11 Å². The molecule has 0 radical (unpaired) electrons. The van der Waals surface area contributed by atoms with E-state index in [-0.39, 0.29) is 0 Å². The van der Waals surface area contributed by atoms with Gasteiger partial charge in [0, 0.05) is 31.1 Å². The first-order valence-corrected chi connectivity index (χ1v) is 7.80. The first-order chi connectivity index (χ1) is 10.8. The lowest BCUT2D eigenvalue weighted by molar-refractivity contribution is 0.415. The molecule has 3 heteroatoms. The van der Waals surface area contributed by atoms with Gasteiger partial charge >= 0.3 is 0 Å². The molecule has 2 aromatic carbocycles. The highest BCUT2D eigenvalue weighted by Gasteiger charge is 2.12. The minimum Gasteiger partial charge on any atom is -0.497 e. The molecule has 0 N–H and O–H groups in total. The number of ether oxygens (including phenoxy) is 1. The Balaban J connectivity index is 1.78. The molecule has 1 saturated heterocycles. The first-order valence-electron chi connectivity index (χ1n) is 7.80. The normalized spacial score (nSPS) is 14.7. The van der Waals surface area contributed by atoms with E-state index in [1.165, 1.54) is 37.2 Å². The van der Waals surface area contributed by atoms with E-state index in [1.807, 2.05) is 30.5 Å². The van der Waals surface area contributed by atoms with Crippen molar-refractivity contribution >= 4 is 17.6 Å². The third kappa shape index (κ3) is 3.30. The Labute approximate surface area is 132 Å². The van der Waals surface area contributed by atoms with Crippen molar-refractivity contribution < 1.29 is 4.74 Å². The first kappa shape index (κ1) is 14.6. The molecule has 22 heavy (non-hydrogen) atoms. The fraction of sp³-hybridized carbons (Fsp3) is 0.316. The van der Waals surface area contributed by atoms with Gasteiger partial charge in [-0.1, -0.05) is 12.1 Å². The summed E-state index contributed by atoms with van der Waals surface area (Å²) in [5.74, 6) is 0.829. The smallest absolute Gasteiger partial charge is 0.121 e. The number of methoxy groups -OCH3 is 1. The fourth-order valence-electron chi connectivity index (χ4n) is 2.81. The summed E-state index contributed by atoms with van der Waals surface area (Å²) < 4.78 is 5.22. The number of hydrogen-bond acceptors (Lipinski definition) is 3. The zero-order valence-corrected chi connectivity index (χ0v) is 13.2. The van der Waals surface area contributed by atoms with Crippen molar-refractivity contribution in [2.75, 3.05) is 25.1 Å². The van der Waals surface area contributed by atoms with Crippen LogP contribution in [-0.4, -0.2) is 26.4 Å². The molecule has 1 fully saturated rings. The molecule has 0 spiro atoms. The molecular formula is C19H22N2O. The minimum atomic E-state index is 0.829. The van der Waals surface area contributed by atoms with Crippen LogP contribution in [0.3, 0.4) is 0 Å². The molecule has 0 unspecified atom stereocenters. The van der Waals surface area contributed by atoms with Crippen LogP contribution >= 0.6 is 0 Å². The summed E-state index contributed by atoms with van der Waals surface area (Å²) in [4.78, 5) is 7.01. The van der Waals surface area contributed by atoms with Gasteiger partial charge in [-0.3, -0.25) is 4.99 Å². The zero-order chi connectivity index (χ0) is 15.4. The molecule has 114 valence electrons. The maximum atomic E-state index is 5.22. The average Bonchev–Trinajstić information content (AvgIpc) is 3.08. The van der Waals surface area contributed by atoms with Crippen LogP contribution in [0.4, 0.5) is 11.4 Å². The number of rotatable bonds is 4. The fourth-order valence-corrected chi connectivity index (χ4v) is 2.81. The Hall–Kier alpha value is -2.29. The second-order valence-corrected chi connectivity index (χ2v) is 5.69. The largest absolute Gasteiger partial charge is 0.497 e. The van der Waals surface area contributed by atoms with Gasteiger partial charge in [0.15, 0.2) is 0 Å². The SMILES string of the molecule is COc1cccc(N=Cc2ccc(N3CCCC3)cc2C)c1. The van der Waals surface area contributed by atoms with Crippen LogP contribution in [0.1, 0.15) is 24.0 Å². The molecule has 3 nitrogen and oxygen atoms in total. The number of nitrogens with zero attached hydrogens (tertiary/aromatic N) is 2. The van der Waals surface area contributed by atoms with Gasteiger partial charge in [-0.25, -0.2) is 0 Å². The summed E-state index contributed by atoms with van der Waals surface area (Å²) in [6, 6.07) is 14.4. The monoisotopic (exact) mass is 294 g/mol. The van der Waals surface area contributed by atoms with Crippen molar-refractivity contribution in [3.8, 4) is 5.75 Å². The number of aryl methyl sites for hydroxylation is 1. The lowest BCUT2D eigenvalue weighted by atomic mass is 10.1. The lowest BCUT2D eigenvalue weighted by Crippen LogP contribution is -2.17. The Bertz CT molecular complexity index is 673. The van der Waals surface area contributed by atoms with E-state index in [4.69, 9.17) is 4.74 Å². The van der Waals surface area contributed by atoms with Crippen molar-refractivity contribution in [2.24, 2.45) is 4.99 Å². The van der Waals surface area contributed by atoms with Gasteiger partial charge in [-0.2, -0.15) is 0 Å². The summed E-state index contributed by atoms with van der Waals surface area (Å²) in [5.41, 5.74) is 4.65. The molecule has 0 amide bonds. The second kappa shape index (κ2) is 6.65. The Morgan fingerprint density at radius 1 is 1.09 bits per heavy atom. The molecule has 1 heterocycles. The summed E-state index contributed by atoms with van der Waals surface area (Å²) in [6.07, 6.45) is 4.54. The molecule has 0 aliphatic carbocycles. The topological polar surface area (TPSA) is 24.8 Å². The highest BCUT2D eigenvalue weighted by molar-refractivity contribution is 5.84. The quantitative estimate of drug-likeness (QED) is 0.783. The van der Waals surface area contributed by atoms with Gasteiger partial charge < -0.3 is 9.64 Å². The standard InChI is InChI=1S/C19H22N2O/c1-15-12-18(21-10-3-4-11-21)9-8-16(15)14-20-17-6-5-7-19(13-17)22-2/h5-9,12-14H,3-4,10-11H2,1-2H3. The summed E-state index contributed by atoms with van der Waals surface area (Å²) >= 11 is 0. The van der Waals surface area contributed by atoms with Crippen LogP contribution in [0.25, 0.3) is 0 Å². The van der Waals surface area contributed by atoms with Crippen LogP contribution in [0.2, 0.25) is 0 Å². The van der Waals surface area contributed by atoms with Crippen LogP contribution in [0.5, 0.6) is 5.75 Å². The van der Waals surface area contributed by atoms with Crippen molar-refractivity contribution in [1.29, 1.82) is 0 Å². The van der Waals surface area contributed by atoms with Gasteiger partial charge in [-0.15, -0.1) is 0 Å². The molecule has 1 aliphatic rings. The number of hydrogen-bond donors (Lipinski definition) is 0. The molecule has 0 bridgehead atoms. The van der Waals surface area contributed by atoms with Crippen LogP contribution in [-0.2, 0) is 0 Å². The van der Waals surface area contributed by atoms with Crippen LogP contribution in [0, 0.1) is 6.92 Å². The molecule has 3 rings (SSSR count). The van der Waals surface area contributed by atoms with Crippen LogP contribution in [0.15, 0.2) is 47.5 Å². The maximum Gasteiger partial charge on any atom is 0.121 e. The average molecular weight is 294 g/mol. The molecule has 1 aliphatic heterocycles. The predicted molar refractivity (Wildman–Crippen MR) is 92.9 cm³/mol. The Morgan fingerprint density at radius 2 is 1.91 bits per heavy atom. The van der Waals surface area contributed by atoms with Gasteiger partial charge in [-0.05, 0) is 55.2 Å². The molecule has 0 atom stereocenters. The lowest BCUT2D eigenvalue weighted by Gasteiger charge is -2.18. The van der Waals surface area contributed by atoms with Gasteiger partial charge in [0.1, 0.15) is 5.75 Å². The number of anilines is 1. The molecule has 2 aromatic rings. The van der Waals surface area contributed by atoms with Crippen molar-refractivity contribution in [1.82, 2.24) is 0 Å². The summed E-state index contributed by atoms with van der Waals surface area (Å²) in [7, 11) is 1.67. The van der Waals surface area contributed by atoms with Crippen molar-refractivity contribution in [3.63, 3.8) is 0 Å². The Kier molecular flexibility index (Phi) is 4.42. The molecule has 0 saturated carbocycles. The van der Waals surface area contributed by atoms with Gasteiger partial charge in [0.05, 0.1) is 12.8 Å². The van der Waals surface area contributed by atoms with E-state index in [9.17, 15) is 0 Å². The Morgan fingerprint density at radius 3 is 2.64 bits per heavy atom.